The molecule has 3 aromatic carbocycles. The van der Waals surface area contributed by atoms with E-state index in [1.54, 1.807) is 79.9 Å². The van der Waals surface area contributed by atoms with E-state index >= 15 is 0 Å². The maximum atomic E-state index is 13.8. The van der Waals surface area contributed by atoms with Crippen LogP contribution in [-0.4, -0.2) is 41.2 Å². The number of methoxy groups -OCH3 is 1. The Balaban J connectivity index is 1.83. The fraction of sp³-hybridized carbons (Fsp3) is 0.208. The number of sulfonamides is 1. The van der Waals surface area contributed by atoms with Crippen molar-refractivity contribution in [3.63, 3.8) is 0 Å². The molecule has 1 N–H and O–H groups in total. The lowest BCUT2D eigenvalue weighted by Crippen LogP contribution is -2.41. The highest BCUT2D eigenvalue weighted by Crippen LogP contribution is 2.44. The van der Waals surface area contributed by atoms with E-state index < -0.39 is 16.1 Å². The van der Waals surface area contributed by atoms with E-state index in [4.69, 9.17) is 21.1 Å². The van der Waals surface area contributed by atoms with Crippen molar-refractivity contribution < 1.29 is 22.7 Å². The van der Waals surface area contributed by atoms with Gasteiger partial charge in [-0.3, -0.25) is 9.10 Å². The standard InChI is InChI=1S/C24H23ClN2O5S/c1-31-15-14-26-24(28)20-8-5-9-21-23(20)32-16-22(17-10-12-18(25)13-11-17)27(21)33(29,30)19-6-3-2-4-7-19/h2-13,22H,14-16H2,1H3,(H,26,28). The number of carbonyl (C=O) groups is 1. The zero-order valence-corrected chi connectivity index (χ0v) is 19.5. The fourth-order valence-electron chi connectivity index (χ4n) is 3.71. The van der Waals surface area contributed by atoms with Crippen LogP contribution >= 0.6 is 11.6 Å². The molecule has 0 saturated heterocycles. The third kappa shape index (κ3) is 4.68. The quantitative estimate of drug-likeness (QED) is 0.509. The zero-order valence-electron chi connectivity index (χ0n) is 17.9. The molecule has 0 radical (unpaired) electrons. The van der Waals surface area contributed by atoms with Crippen LogP contribution < -0.4 is 14.4 Å². The molecule has 1 unspecified atom stereocenters. The number of para-hydroxylation sites is 1. The fourth-order valence-corrected chi connectivity index (χ4v) is 5.48. The summed E-state index contributed by atoms with van der Waals surface area (Å²) in [4.78, 5) is 12.9. The van der Waals surface area contributed by atoms with Gasteiger partial charge < -0.3 is 14.8 Å². The number of carbonyl (C=O) groups excluding carboxylic acids is 1. The summed E-state index contributed by atoms with van der Waals surface area (Å²) in [6.07, 6.45) is 0. The summed E-state index contributed by atoms with van der Waals surface area (Å²) in [6, 6.07) is 19.4. The minimum absolute atomic E-state index is 0.0308. The first-order valence-corrected chi connectivity index (χ1v) is 12.1. The molecule has 33 heavy (non-hydrogen) atoms. The zero-order chi connectivity index (χ0) is 23.4. The lowest BCUT2D eigenvalue weighted by atomic mass is 10.0. The van der Waals surface area contributed by atoms with Crippen molar-refractivity contribution in [1.82, 2.24) is 5.32 Å². The highest BCUT2D eigenvalue weighted by molar-refractivity contribution is 7.92. The van der Waals surface area contributed by atoms with Crippen molar-refractivity contribution in [3.05, 3.63) is 88.9 Å². The molecule has 1 atom stereocenters. The molecule has 0 bridgehead atoms. The second kappa shape index (κ2) is 9.82. The van der Waals surface area contributed by atoms with E-state index in [0.717, 1.165) is 5.56 Å². The Morgan fingerprint density at radius 3 is 2.52 bits per heavy atom. The Morgan fingerprint density at radius 2 is 1.82 bits per heavy atom. The van der Waals surface area contributed by atoms with E-state index in [0.29, 0.717) is 23.9 Å². The van der Waals surface area contributed by atoms with Gasteiger partial charge in [0, 0.05) is 18.7 Å². The van der Waals surface area contributed by atoms with Gasteiger partial charge in [-0.25, -0.2) is 8.42 Å². The van der Waals surface area contributed by atoms with Gasteiger partial charge in [0.2, 0.25) is 0 Å². The third-order valence-corrected chi connectivity index (χ3v) is 7.38. The monoisotopic (exact) mass is 486 g/mol. The SMILES string of the molecule is COCCNC(=O)c1cccc2c1OCC(c1ccc(Cl)cc1)N2S(=O)(=O)c1ccccc1. The first-order chi connectivity index (χ1) is 15.9. The third-order valence-electron chi connectivity index (χ3n) is 5.29. The van der Waals surface area contributed by atoms with Gasteiger partial charge in [0.25, 0.3) is 15.9 Å². The average Bonchev–Trinajstić information content (AvgIpc) is 2.84. The largest absolute Gasteiger partial charge is 0.488 e. The maximum absolute atomic E-state index is 13.8. The van der Waals surface area contributed by atoms with Crippen molar-refractivity contribution in [2.24, 2.45) is 0 Å². The molecule has 0 saturated carbocycles. The van der Waals surface area contributed by atoms with Crippen molar-refractivity contribution in [2.45, 2.75) is 10.9 Å². The van der Waals surface area contributed by atoms with Gasteiger partial charge in [-0.1, -0.05) is 48.0 Å². The molecule has 0 spiro atoms. The molecule has 1 amide bonds. The van der Waals surface area contributed by atoms with Crippen LogP contribution in [0.2, 0.25) is 5.02 Å². The second-order valence-electron chi connectivity index (χ2n) is 7.39. The van der Waals surface area contributed by atoms with E-state index in [1.165, 1.54) is 4.31 Å². The first kappa shape index (κ1) is 23.1. The number of benzene rings is 3. The number of fused-ring (bicyclic) bond motifs is 1. The number of ether oxygens (including phenoxy) is 2. The molecule has 0 aromatic heterocycles. The van der Waals surface area contributed by atoms with Crippen LogP contribution in [0.1, 0.15) is 22.0 Å². The van der Waals surface area contributed by atoms with Gasteiger partial charge in [0.15, 0.2) is 5.75 Å². The number of anilines is 1. The van der Waals surface area contributed by atoms with Crippen LogP contribution in [0.25, 0.3) is 0 Å². The van der Waals surface area contributed by atoms with E-state index in [9.17, 15) is 13.2 Å². The molecule has 0 aliphatic carbocycles. The van der Waals surface area contributed by atoms with Crippen molar-refractivity contribution >= 4 is 33.2 Å². The van der Waals surface area contributed by atoms with Crippen molar-refractivity contribution in [2.75, 3.05) is 31.2 Å². The van der Waals surface area contributed by atoms with Crippen LogP contribution in [0.5, 0.6) is 5.75 Å². The summed E-state index contributed by atoms with van der Waals surface area (Å²) >= 11 is 6.05. The Kier molecular flexibility index (Phi) is 6.88. The predicted octanol–water partition coefficient (Wildman–Crippen LogP) is 4.05. The predicted molar refractivity (Wildman–Crippen MR) is 126 cm³/mol. The number of rotatable bonds is 7. The normalized spacial score (nSPS) is 15.5. The minimum Gasteiger partial charge on any atom is -0.488 e. The second-order valence-corrected chi connectivity index (χ2v) is 9.65. The molecule has 172 valence electrons. The maximum Gasteiger partial charge on any atom is 0.265 e. The lowest BCUT2D eigenvalue weighted by molar-refractivity contribution is 0.0932. The van der Waals surface area contributed by atoms with E-state index in [2.05, 4.69) is 5.32 Å². The molecule has 7 nitrogen and oxygen atoms in total. The Hall–Kier alpha value is -3.07. The van der Waals surface area contributed by atoms with Gasteiger partial charge in [-0.05, 0) is 42.0 Å². The molecule has 9 heteroatoms. The van der Waals surface area contributed by atoms with Gasteiger partial charge in [-0.15, -0.1) is 0 Å². The van der Waals surface area contributed by atoms with Crippen LogP contribution in [0, 0.1) is 0 Å². The highest BCUT2D eigenvalue weighted by Gasteiger charge is 2.39. The van der Waals surface area contributed by atoms with Crippen LogP contribution in [0.3, 0.4) is 0 Å². The average molecular weight is 487 g/mol. The van der Waals surface area contributed by atoms with Crippen LogP contribution in [0.15, 0.2) is 77.7 Å². The lowest BCUT2D eigenvalue weighted by Gasteiger charge is -2.38. The number of hydrogen-bond acceptors (Lipinski definition) is 5. The molecule has 0 fully saturated rings. The van der Waals surface area contributed by atoms with E-state index in [-0.39, 0.29) is 28.7 Å². The number of nitrogens with one attached hydrogen (secondary N) is 1. The van der Waals surface area contributed by atoms with Gasteiger partial charge in [0.05, 0.1) is 22.8 Å². The molecule has 1 aliphatic rings. The highest BCUT2D eigenvalue weighted by atomic mass is 35.5. The summed E-state index contributed by atoms with van der Waals surface area (Å²) in [7, 11) is -2.43. The summed E-state index contributed by atoms with van der Waals surface area (Å²) in [6.45, 7) is 0.705. The van der Waals surface area contributed by atoms with Crippen molar-refractivity contribution in [3.8, 4) is 5.75 Å². The minimum atomic E-state index is -3.98. The summed E-state index contributed by atoms with van der Waals surface area (Å²) in [5, 5.41) is 3.30. The summed E-state index contributed by atoms with van der Waals surface area (Å²) in [5.41, 5.74) is 1.27. The van der Waals surface area contributed by atoms with Crippen LogP contribution in [-0.2, 0) is 14.8 Å². The number of halogens is 1. The molecular weight excluding hydrogens is 464 g/mol. The van der Waals surface area contributed by atoms with Gasteiger partial charge >= 0.3 is 0 Å². The topological polar surface area (TPSA) is 84.9 Å². The molecule has 3 aromatic rings. The number of nitrogens with zero attached hydrogens (tertiary/aromatic N) is 1. The van der Waals surface area contributed by atoms with Gasteiger partial charge in [0.1, 0.15) is 12.6 Å². The van der Waals surface area contributed by atoms with Crippen LogP contribution in [0.4, 0.5) is 5.69 Å². The van der Waals surface area contributed by atoms with Crippen molar-refractivity contribution in [1.29, 1.82) is 0 Å². The molecular formula is C24H23ClN2O5S. The Labute approximate surface area is 197 Å². The number of amides is 1. The molecule has 1 aliphatic heterocycles. The first-order valence-electron chi connectivity index (χ1n) is 10.3. The van der Waals surface area contributed by atoms with Gasteiger partial charge in [-0.2, -0.15) is 0 Å². The number of hydrogen-bond donors (Lipinski definition) is 1. The Morgan fingerprint density at radius 1 is 1.09 bits per heavy atom. The molecule has 4 rings (SSSR count). The summed E-state index contributed by atoms with van der Waals surface area (Å²) in [5.74, 6) is -0.150. The van der Waals surface area contributed by atoms with E-state index in [1.807, 2.05) is 0 Å². The molecule has 1 heterocycles. The smallest absolute Gasteiger partial charge is 0.265 e. The summed E-state index contributed by atoms with van der Waals surface area (Å²) < 4.78 is 40.0. The Bertz CT molecular complexity index is 1230.